The van der Waals surface area contributed by atoms with Crippen LogP contribution in [-0.4, -0.2) is 28.8 Å². The van der Waals surface area contributed by atoms with Crippen molar-refractivity contribution in [2.24, 2.45) is 0 Å². The van der Waals surface area contributed by atoms with Crippen molar-refractivity contribution in [3.63, 3.8) is 0 Å². The van der Waals surface area contributed by atoms with E-state index in [1.165, 1.54) is 4.88 Å². The van der Waals surface area contributed by atoms with E-state index in [-0.39, 0.29) is 12.1 Å². The predicted octanol–water partition coefficient (Wildman–Crippen LogP) is 2.99. The average Bonchev–Trinajstić information content (AvgIpc) is 2.93. The Bertz CT molecular complexity index is 482. The molecule has 1 saturated carbocycles. The minimum absolute atomic E-state index is 0.146. The van der Waals surface area contributed by atoms with E-state index in [0.717, 1.165) is 31.5 Å². The molecule has 21 heavy (non-hydrogen) atoms. The van der Waals surface area contributed by atoms with Gasteiger partial charge in [0.15, 0.2) is 0 Å². The van der Waals surface area contributed by atoms with E-state index in [4.69, 9.17) is 4.74 Å². The van der Waals surface area contributed by atoms with Gasteiger partial charge in [-0.2, -0.15) is 0 Å². The molecule has 0 spiro atoms. The fourth-order valence-electron chi connectivity index (χ4n) is 2.56. The molecule has 0 aromatic carbocycles. The molecule has 5 nitrogen and oxygen atoms in total. The third kappa shape index (κ3) is 4.97. The van der Waals surface area contributed by atoms with E-state index in [9.17, 15) is 4.79 Å². The molecule has 2 unspecified atom stereocenters. The maximum absolute atomic E-state index is 11.9. The van der Waals surface area contributed by atoms with Crippen LogP contribution in [0.5, 0.6) is 0 Å². The molecule has 2 N–H and O–H groups in total. The number of aromatic nitrogens is 1. The number of thiazole rings is 1. The molecular formula is C15H25N3O2S. The molecule has 1 amide bonds. The summed E-state index contributed by atoms with van der Waals surface area (Å²) < 4.78 is 5.33. The number of carbonyl (C=O) groups is 1. The topological polar surface area (TPSA) is 63.2 Å². The molecule has 118 valence electrons. The van der Waals surface area contributed by atoms with Gasteiger partial charge in [-0.1, -0.05) is 0 Å². The summed E-state index contributed by atoms with van der Waals surface area (Å²) in [5.74, 6) is 0. The Labute approximate surface area is 130 Å². The van der Waals surface area contributed by atoms with Crippen molar-refractivity contribution < 1.29 is 9.53 Å². The Morgan fingerprint density at radius 3 is 2.76 bits per heavy atom. The number of rotatable bonds is 4. The first-order valence-electron chi connectivity index (χ1n) is 7.47. The van der Waals surface area contributed by atoms with Gasteiger partial charge in [0.25, 0.3) is 0 Å². The van der Waals surface area contributed by atoms with Gasteiger partial charge in [-0.3, -0.25) is 0 Å². The van der Waals surface area contributed by atoms with Crippen molar-refractivity contribution in [3.05, 3.63) is 16.1 Å². The van der Waals surface area contributed by atoms with E-state index in [1.807, 2.05) is 33.2 Å². The van der Waals surface area contributed by atoms with Crippen molar-refractivity contribution in [1.29, 1.82) is 0 Å². The van der Waals surface area contributed by atoms with E-state index in [0.29, 0.717) is 6.04 Å². The third-order valence-corrected chi connectivity index (χ3v) is 4.52. The lowest BCUT2D eigenvalue weighted by atomic mass is 10.1. The maximum Gasteiger partial charge on any atom is 0.407 e. The van der Waals surface area contributed by atoms with E-state index >= 15 is 0 Å². The summed E-state index contributed by atoms with van der Waals surface area (Å²) in [6.45, 7) is 8.48. The highest BCUT2D eigenvalue weighted by Crippen LogP contribution is 2.21. The molecule has 2 atom stereocenters. The number of hydrogen-bond donors (Lipinski definition) is 2. The van der Waals surface area contributed by atoms with Gasteiger partial charge >= 0.3 is 6.09 Å². The molecule has 0 radical (unpaired) electrons. The van der Waals surface area contributed by atoms with Gasteiger partial charge in [0, 0.05) is 23.5 Å². The van der Waals surface area contributed by atoms with Crippen molar-refractivity contribution in [2.45, 2.75) is 71.2 Å². The van der Waals surface area contributed by atoms with Crippen LogP contribution >= 0.6 is 11.3 Å². The molecule has 2 rings (SSSR count). The number of carbonyl (C=O) groups excluding carboxylic acids is 1. The second-order valence-corrected chi connectivity index (χ2v) is 7.47. The highest BCUT2D eigenvalue weighted by Gasteiger charge is 2.29. The first-order chi connectivity index (χ1) is 9.85. The monoisotopic (exact) mass is 311 g/mol. The Morgan fingerprint density at radius 2 is 2.14 bits per heavy atom. The largest absolute Gasteiger partial charge is 0.444 e. The normalized spacial score (nSPS) is 22.3. The quantitative estimate of drug-likeness (QED) is 0.897. The van der Waals surface area contributed by atoms with Crippen molar-refractivity contribution >= 4 is 17.4 Å². The van der Waals surface area contributed by atoms with Crippen LogP contribution in [0.15, 0.2) is 5.51 Å². The Kier molecular flexibility index (Phi) is 5.22. The van der Waals surface area contributed by atoms with Crippen LogP contribution in [0.25, 0.3) is 0 Å². The zero-order valence-electron chi connectivity index (χ0n) is 13.2. The Hall–Kier alpha value is -1.14. The van der Waals surface area contributed by atoms with Crippen LogP contribution in [0.3, 0.4) is 0 Å². The lowest BCUT2D eigenvalue weighted by Gasteiger charge is -2.25. The summed E-state index contributed by atoms with van der Waals surface area (Å²) in [4.78, 5) is 17.4. The second kappa shape index (κ2) is 6.75. The summed E-state index contributed by atoms with van der Waals surface area (Å²) in [6.07, 6.45) is 2.88. The lowest BCUT2D eigenvalue weighted by molar-refractivity contribution is 0.0498. The summed E-state index contributed by atoms with van der Waals surface area (Å²) in [5.41, 5.74) is 2.50. The average molecular weight is 311 g/mol. The summed E-state index contributed by atoms with van der Waals surface area (Å²) in [6, 6.07) is 0.451. The van der Waals surface area contributed by atoms with Gasteiger partial charge < -0.3 is 15.4 Å². The van der Waals surface area contributed by atoms with Crippen LogP contribution in [0, 0.1) is 6.92 Å². The van der Waals surface area contributed by atoms with Crippen LogP contribution in [0.2, 0.25) is 0 Å². The molecule has 1 aliphatic rings. The van der Waals surface area contributed by atoms with Gasteiger partial charge in [-0.05, 0) is 47.0 Å². The number of amides is 1. The minimum atomic E-state index is -0.453. The fraction of sp³-hybridized carbons (Fsp3) is 0.733. The summed E-state index contributed by atoms with van der Waals surface area (Å²) >= 11 is 1.67. The number of aryl methyl sites for hydroxylation is 1. The highest BCUT2D eigenvalue weighted by molar-refractivity contribution is 7.09. The number of nitrogens with zero attached hydrogens (tertiary/aromatic N) is 1. The minimum Gasteiger partial charge on any atom is -0.444 e. The van der Waals surface area contributed by atoms with Crippen LogP contribution in [0.1, 0.15) is 50.6 Å². The molecule has 1 aromatic heterocycles. The van der Waals surface area contributed by atoms with E-state index in [2.05, 4.69) is 15.6 Å². The smallest absolute Gasteiger partial charge is 0.407 e. The standard InChI is InChI=1S/C15H25N3O2S/c1-10-13(21-9-17-10)8-16-11-6-5-7-12(11)18-14(19)20-15(2,3)4/h9,11-12,16H,5-8H2,1-4H3,(H,18,19). The maximum atomic E-state index is 11.9. The molecular weight excluding hydrogens is 286 g/mol. The molecule has 1 fully saturated rings. The number of alkyl carbamates (subject to hydrolysis) is 1. The summed E-state index contributed by atoms with van der Waals surface area (Å²) in [5, 5.41) is 6.54. The molecule has 1 heterocycles. The van der Waals surface area contributed by atoms with Gasteiger partial charge in [0.1, 0.15) is 5.60 Å². The first-order valence-corrected chi connectivity index (χ1v) is 8.35. The Balaban J connectivity index is 1.83. The first kappa shape index (κ1) is 16.2. The third-order valence-electron chi connectivity index (χ3n) is 3.59. The van der Waals surface area contributed by atoms with E-state index in [1.54, 1.807) is 11.3 Å². The van der Waals surface area contributed by atoms with Gasteiger partial charge in [-0.25, -0.2) is 9.78 Å². The second-order valence-electron chi connectivity index (χ2n) is 6.53. The highest BCUT2D eigenvalue weighted by atomic mass is 32.1. The predicted molar refractivity (Wildman–Crippen MR) is 84.5 cm³/mol. The number of nitrogens with one attached hydrogen (secondary N) is 2. The molecule has 0 aliphatic heterocycles. The van der Waals surface area contributed by atoms with Gasteiger partial charge in [0.05, 0.1) is 11.2 Å². The molecule has 1 aliphatic carbocycles. The van der Waals surface area contributed by atoms with Crippen molar-refractivity contribution in [1.82, 2.24) is 15.6 Å². The molecule has 1 aromatic rings. The van der Waals surface area contributed by atoms with Crippen molar-refractivity contribution in [2.75, 3.05) is 0 Å². The SMILES string of the molecule is Cc1ncsc1CNC1CCCC1NC(=O)OC(C)(C)C. The van der Waals surface area contributed by atoms with Crippen LogP contribution in [-0.2, 0) is 11.3 Å². The molecule has 0 bridgehead atoms. The van der Waals surface area contributed by atoms with Crippen LogP contribution in [0.4, 0.5) is 4.79 Å². The number of ether oxygens (including phenoxy) is 1. The zero-order chi connectivity index (χ0) is 15.5. The Morgan fingerprint density at radius 1 is 1.43 bits per heavy atom. The van der Waals surface area contributed by atoms with E-state index < -0.39 is 5.60 Å². The summed E-state index contributed by atoms with van der Waals surface area (Å²) in [7, 11) is 0. The molecule has 0 saturated heterocycles. The molecule has 6 heteroatoms. The zero-order valence-corrected chi connectivity index (χ0v) is 14.0. The van der Waals surface area contributed by atoms with Gasteiger partial charge in [0.2, 0.25) is 0 Å². The van der Waals surface area contributed by atoms with Crippen molar-refractivity contribution in [3.8, 4) is 0 Å². The lowest BCUT2D eigenvalue weighted by Crippen LogP contribution is -2.47. The number of hydrogen-bond acceptors (Lipinski definition) is 5. The van der Waals surface area contributed by atoms with Crippen LogP contribution < -0.4 is 10.6 Å². The van der Waals surface area contributed by atoms with Gasteiger partial charge in [-0.15, -0.1) is 11.3 Å². The fourth-order valence-corrected chi connectivity index (χ4v) is 3.28.